The van der Waals surface area contributed by atoms with E-state index in [1.54, 1.807) is 22.0 Å². The standard InChI is InChI=1S/C11H20N3O.HI/c1-6-11(2,3)13(5)10(15)14-8-7-12(4)9-14;/h7-9H,6H2,1-5H3;1H/q+1;/p-1. The molecule has 4 nitrogen and oxygen atoms in total. The highest BCUT2D eigenvalue weighted by Crippen LogP contribution is 2.17. The lowest BCUT2D eigenvalue weighted by Crippen LogP contribution is -3.00. The minimum Gasteiger partial charge on any atom is -1.00 e. The van der Waals surface area contributed by atoms with Crippen molar-refractivity contribution < 1.29 is 33.3 Å². The highest BCUT2D eigenvalue weighted by Gasteiger charge is 2.29. The first-order chi connectivity index (χ1) is 6.88. The lowest BCUT2D eigenvalue weighted by atomic mass is 10.0. The monoisotopic (exact) mass is 337 g/mol. The fourth-order valence-corrected chi connectivity index (χ4v) is 1.23. The van der Waals surface area contributed by atoms with E-state index in [0.717, 1.165) is 6.42 Å². The van der Waals surface area contributed by atoms with E-state index in [-0.39, 0.29) is 35.5 Å². The van der Waals surface area contributed by atoms with Crippen LogP contribution in [0.5, 0.6) is 0 Å². The van der Waals surface area contributed by atoms with Gasteiger partial charge in [-0.25, -0.2) is 9.36 Å². The zero-order valence-electron chi connectivity index (χ0n) is 10.6. The van der Waals surface area contributed by atoms with Crippen LogP contribution in [0.15, 0.2) is 18.7 Å². The third-order valence-electron chi connectivity index (χ3n) is 3.05. The van der Waals surface area contributed by atoms with E-state index < -0.39 is 0 Å². The van der Waals surface area contributed by atoms with Gasteiger partial charge in [-0.3, -0.25) is 0 Å². The number of carbonyl (C=O) groups is 1. The van der Waals surface area contributed by atoms with E-state index in [1.165, 1.54) is 0 Å². The van der Waals surface area contributed by atoms with Gasteiger partial charge < -0.3 is 28.9 Å². The molecule has 1 rings (SSSR count). The molecule has 5 heteroatoms. The van der Waals surface area contributed by atoms with E-state index in [1.807, 2.05) is 24.9 Å². The first-order valence-electron chi connectivity index (χ1n) is 5.20. The molecule has 0 aliphatic heterocycles. The molecule has 1 heterocycles. The largest absolute Gasteiger partial charge is 1.00 e. The molecule has 0 unspecified atom stereocenters. The zero-order chi connectivity index (χ0) is 11.6. The molecular weight excluding hydrogens is 317 g/mol. The molecule has 0 radical (unpaired) electrons. The smallest absolute Gasteiger partial charge is 0.415 e. The van der Waals surface area contributed by atoms with Crippen LogP contribution in [0.2, 0.25) is 0 Å². The van der Waals surface area contributed by atoms with E-state index in [2.05, 4.69) is 20.8 Å². The summed E-state index contributed by atoms with van der Waals surface area (Å²) >= 11 is 0. The van der Waals surface area contributed by atoms with E-state index in [9.17, 15) is 4.79 Å². The van der Waals surface area contributed by atoms with Crippen LogP contribution in [0.3, 0.4) is 0 Å². The summed E-state index contributed by atoms with van der Waals surface area (Å²) in [4.78, 5) is 13.8. The minimum atomic E-state index is -0.111. The Kier molecular flexibility index (Phi) is 5.44. The van der Waals surface area contributed by atoms with Crippen molar-refractivity contribution in [3.8, 4) is 0 Å². The normalized spacial score (nSPS) is 10.8. The molecule has 0 fully saturated rings. The summed E-state index contributed by atoms with van der Waals surface area (Å²) in [5.74, 6) is 0. The Morgan fingerprint density at radius 1 is 1.50 bits per heavy atom. The van der Waals surface area contributed by atoms with Gasteiger partial charge in [0.05, 0.1) is 7.05 Å². The topological polar surface area (TPSA) is 29.1 Å². The number of aryl methyl sites for hydroxylation is 1. The van der Waals surface area contributed by atoms with Crippen LogP contribution >= 0.6 is 0 Å². The van der Waals surface area contributed by atoms with E-state index >= 15 is 0 Å². The van der Waals surface area contributed by atoms with Gasteiger partial charge in [0.15, 0.2) is 0 Å². The fraction of sp³-hybridized carbons (Fsp3) is 0.636. The van der Waals surface area contributed by atoms with Crippen molar-refractivity contribution in [3.05, 3.63) is 18.7 Å². The van der Waals surface area contributed by atoms with E-state index in [0.29, 0.717) is 0 Å². The van der Waals surface area contributed by atoms with Crippen molar-refractivity contribution in [1.82, 2.24) is 9.47 Å². The molecule has 0 atom stereocenters. The Bertz CT molecular complexity index is 360. The van der Waals surface area contributed by atoms with Gasteiger partial charge in [-0.2, -0.15) is 4.57 Å². The summed E-state index contributed by atoms with van der Waals surface area (Å²) in [6.07, 6.45) is 6.32. The van der Waals surface area contributed by atoms with Gasteiger partial charge in [0.1, 0.15) is 12.4 Å². The molecule has 0 spiro atoms. The molecule has 1 aromatic heterocycles. The average molecular weight is 337 g/mol. The van der Waals surface area contributed by atoms with Crippen LogP contribution < -0.4 is 28.5 Å². The van der Waals surface area contributed by atoms with Gasteiger partial charge >= 0.3 is 6.03 Å². The maximum atomic E-state index is 12.0. The second-order valence-electron chi connectivity index (χ2n) is 4.49. The van der Waals surface area contributed by atoms with Gasteiger partial charge in [0, 0.05) is 12.6 Å². The minimum absolute atomic E-state index is 0. The summed E-state index contributed by atoms with van der Waals surface area (Å²) in [6, 6.07) is 0.00227. The summed E-state index contributed by atoms with van der Waals surface area (Å²) in [7, 11) is 3.74. The van der Waals surface area contributed by atoms with Crippen molar-refractivity contribution in [2.45, 2.75) is 32.7 Å². The number of halogens is 1. The van der Waals surface area contributed by atoms with Gasteiger partial charge in [-0.05, 0) is 20.3 Å². The Balaban J connectivity index is 0.00000225. The molecule has 92 valence electrons. The van der Waals surface area contributed by atoms with Crippen molar-refractivity contribution in [3.63, 3.8) is 0 Å². The molecule has 0 bridgehead atoms. The molecular formula is C11H20IN3O. The highest BCUT2D eigenvalue weighted by molar-refractivity contribution is 5.76. The second-order valence-corrected chi connectivity index (χ2v) is 4.49. The highest BCUT2D eigenvalue weighted by atomic mass is 127. The third kappa shape index (κ3) is 3.20. The molecule has 0 saturated carbocycles. The number of nitrogens with zero attached hydrogens (tertiary/aromatic N) is 3. The molecule has 0 aliphatic carbocycles. The van der Waals surface area contributed by atoms with Crippen molar-refractivity contribution in [2.24, 2.45) is 7.05 Å². The van der Waals surface area contributed by atoms with E-state index in [4.69, 9.17) is 0 Å². The van der Waals surface area contributed by atoms with Crippen molar-refractivity contribution >= 4 is 6.03 Å². The third-order valence-corrected chi connectivity index (χ3v) is 3.05. The summed E-state index contributed by atoms with van der Waals surface area (Å²) in [5, 5.41) is 0. The molecule has 0 N–H and O–H groups in total. The Morgan fingerprint density at radius 3 is 2.44 bits per heavy atom. The maximum Gasteiger partial charge on any atom is 0.415 e. The molecule has 0 saturated heterocycles. The lowest BCUT2D eigenvalue weighted by Gasteiger charge is -2.32. The summed E-state index contributed by atoms with van der Waals surface area (Å²) in [5.41, 5.74) is -0.111. The molecule has 16 heavy (non-hydrogen) atoms. The number of carbonyl (C=O) groups excluding carboxylic acids is 1. The number of imidazole rings is 1. The molecule has 0 aromatic carbocycles. The van der Waals surface area contributed by atoms with Crippen LogP contribution in [0.25, 0.3) is 0 Å². The molecule has 1 aromatic rings. The number of rotatable bonds is 2. The summed E-state index contributed by atoms with van der Waals surface area (Å²) < 4.78 is 3.45. The first kappa shape index (κ1) is 15.4. The van der Waals surface area contributed by atoms with Gasteiger partial charge in [-0.1, -0.05) is 6.92 Å². The Morgan fingerprint density at radius 2 is 2.06 bits per heavy atom. The summed E-state index contributed by atoms with van der Waals surface area (Å²) in [6.45, 7) is 6.21. The van der Waals surface area contributed by atoms with Gasteiger partial charge in [0.25, 0.3) is 6.33 Å². The van der Waals surface area contributed by atoms with Gasteiger partial charge in [0.2, 0.25) is 0 Å². The number of amides is 1. The second kappa shape index (κ2) is 5.65. The Hall–Kier alpha value is -0.590. The van der Waals surface area contributed by atoms with Crippen molar-refractivity contribution in [1.29, 1.82) is 0 Å². The van der Waals surface area contributed by atoms with Crippen molar-refractivity contribution in [2.75, 3.05) is 7.05 Å². The average Bonchev–Trinajstić information content (AvgIpc) is 2.62. The van der Waals surface area contributed by atoms with Crippen LogP contribution in [0.4, 0.5) is 4.79 Å². The fourth-order valence-electron chi connectivity index (χ4n) is 1.23. The number of hydrogen-bond donors (Lipinski definition) is 0. The predicted octanol–water partition coefficient (Wildman–Crippen LogP) is -1.59. The number of hydrogen-bond acceptors (Lipinski definition) is 1. The SMILES string of the molecule is CCC(C)(C)N(C)C(=O)n1cc[n+](C)c1.[I-]. The quantitative estimate of drug-likeness (QED) is 0.472. The van der Waals surface area contributed by atoms with Crippen LogP contribution in [-0.2, 0) is 7.05 Å². The maximum absolute atomic E-state index is 12.0. The number of aromatic nitrogens is 2. The first-order valence-corrected chi connectivity index (χ1v) is 5.20. The zero-order valence-corrected chi connectivity index (χ0v) is 12.7. The lowest BCUT2D eigenvalue weighted by molar-refractivity contribution is -0.670. The van der Waals surface area contributed by atoms with Crippen LogP contribution in [-0.4, -0.2) is 28.1 Å². The predicted molar refractivity (Wildman–Crippen MR) is 58.5 cm³/mol. The van der Waals surface area contributed by atoms with Crippen LogP contribution in [0.1, 0.15) is 27.2 Å². The Labute approximate surface area is 114 Å². The van der Waals surface area contributed by atoms with Crippen LogP contribution in [0, 0.1) is 0 Å². The molecule has 0 aliphatic rings. The van der Waals surface area contributed by atoms with Gasteiger partial charge in [-0.15, -0.1) is 0 Å². The molecule has 1 amide bonds.